The largest absolute Gasteiger partial charge is 0.490 e. The van der Waals surface area contributed by atoms with Gasteiger partial charge < -0.3 is 19.3 Å². The third-order valence-corrected chi connectivity index (χ3v) is 4.29. The van der Waals surface area contributed by atoms with Crippen molar-refractivity contribution in [2.75, 3.05) is 25.7 Å². The first-order valence-electron chi connectivity index (χ1n) is 8.89. The lowest BCUT2D eigenvalue weighted by atomic mass is 10.1. The number of halogens is 1. The Morgan fingerprint density at radius 2 is 2.17 bits per heavy atom. The molecule has 0 amide bonds. The first-order chi connectivity index (χ1) is 14.4. The summed E-state index contributed by atoms with van der Waals surface area (Å²) in [6, 6.07) is 7.28. The quantitative estimate of drug-likeness (QED) is 0.394. The number of nitriles is 1. The lowest BCUT2D eigenvalue weighted by Crippen LogP contribution is -2.11. The molecule has 1 heterocycles. The summed E-state index contributed by atoms with van der Waals surface area (Å²) in [4.78, 5) is 15.1. The molecule has 0 aliphatic heterocycles. The molecule has 0 saturated carbocycles. The zero-order chi connectivity index (χ0) is 22.1. The number of carbonyl (C=O) groups is 1. The van der Waals surface area contributed by atoms with Gasteiger partial charge in [-0.25, -0.2) is 9.78 Å². The van der Waals surface area contributed by atoms with E-state index in [0.29, 0.717) is 45.1 Å². The van der Waals surface area contributed by atoms with Crippen molar-refractivity contribution in [3.05, 3.63) is 45.1 Å². The Hall–Kier alpha value is -3.16. The van der Waals surface area contributed by atoms with Crippen LogP contribution in [0, 0.1) is 18.3 Å². The summed E-state index contributed by atoms with van der Waals surface area (Å²) in [5.41, 5.74) is 5.24. The van der Waals surface area contributed by atoms with Crippen LogP contribution in [0.25, 0.3) is 0 Å². The number of nitrogens with one attached hydrogen (secondary N) is 1. The summed E-state index contributed by atoms with van der Waals surface area (Å²) in [6.45, 7) is 3.79. The van der Waals surface area contributed by atoms with Gasteiger partial charge in [0.1, 0.15) is 11.6 Å². The zero-order valence-corrected chi connectivity index (χ0v) is 18.3. The number of anilines is 1. The smallest absolute Gasteiger partial charge is 0.341 e. The Bertz CT molecular complexity index is 988. The lowest BCUT2D eigenvalue weighted by molar-refractivity contribution is -0.139. The number of hydrogen-bond donors (Lipinski definition) is 2. The van der Waals surface area contributed by atoms with Gasteiger partial charge in [-0.2, -0.15) is 10.4 Å². The number of carboxylic acid groups (broad SMARTS) is 1. The average Bonchev–Trinajstić information content (AvgIpc) is 2.67. The molecule has 0 fully saturated rings. The van der Waals surface area contributed by atoms with Crippen LogP contribution in [0.5, 0.6) is 11.5 Å². The minimum atomic E-state index is -1.09. The van der Waals surface area contributed by atoms with Crippen molar-refractivity contribution < 1.29 is 24.1 Å². The number of aromatic nitrogens is 1. The monoisotopic (exact) mass is 476 g/mol. The molecule has 0 atom stereocenters. The SMILES string of the molecule is CCOc1cc(/C=N/Nc2nc(C)cc(COC)c2C#N)cc(Br)c1OCC(=O)O. The Balaban J connectivity index is 2.28. The minimum absolute atomic E-state index is 0.285. The van der Waals surface area contributed by atoms with E-state index in [1.165, 1.54) is 6.21 Å². The normalized spacial score (nSPS) is 10.6. The fraction of sp³-hybridized carbons (Fsp3) is 0.300. The van der Waals surface area contributed by atoms with Gasteiger partial charge in [0.15, 0.2) is 23.9 Å². The molecule has 0 aliphatic rings. The van der Waals surface area contributed by atoms with Crippen molar-refractivity contribution in [2.45, 2.75) is 20.5 Å². The third-order valence-electron chi connectivity index (χ3n) is 3.70. The highest BCUT2D eigenvalue weighted by Crippen LogP contribution is 2.36. The van der Waals surface area contributed by atoms with Gasteiger partial charge in [0.05, 0.1) is 23.9 Å². The second-order valence-corrected chi connectivity index (χ2v) is 6.86. The maximum Gasteiger partial charge on any atom is 0.341 e. The topological polar surface area (TPSA) is 126 Å². The van der Waals surface area contributed by atoms with Crippen LogP contribution in [0.2, 0.25) is 0 Å². The van der Waals surface area contributed by atoms with Crippen LogP contribution in [0.1, 0.15) is 29.3 Å². The first kappa shape index (κ1) is 23.1. The molecule has 2 aromatic rings. The molecule has 2 N–H and O–H groups in total. The van der Waals surface area contributed by atoms with Gasteiger partial charge in [-0.3, -0.25) is 5.43 Å². The van der Waals surface area contributed by atoms with Gasteiger partial charge in [-0.05, 0) is 53.5 Å². The Morgan fingerprint density at radius 1 is 1.40 bits per heavy atom. The summed E-state index contributed by atoms with van der Waals surface area (Å²) in [5, 5.41) is 22.5. The predicted molar refractivity (Wildman–Crippen MR) is 114 cm³/mol. The number of nitrogens with zero attached hydrogens (tertiary/aromatic N) is 3. The van der Waals surface area contributed by atoms with Crippen molar-refractivity contribution in [1.82, 2.24) is 4.98 Å². The standard InChI is InChI=1S/C20H21BrN4O5/c1-4-29-17-7-13(6-16(21)19(17)30-11-18(26)27)9-23-25-20-15(8-22)14(10-28-3)5-12(2)24-20/h5-7,9H,4,10-11H2,1-3H3,(H,24,25)(H,26,27)/b23-9+. The van der Waals surface area contributed by atoms with Crippen LogP contribution in [0.4, 0.5) is 5.82 Å². The van der Waals surface area contributed by atoms with Gasteiger partial charge in [0, 0.05) is 18.4 Å². The van der Waals surface area contributed by atoms with Crippen LogP contribution in [0.3, 0.4) is 0 Å². The first-order valence-corrected chi connectivity index (χ1v) is 9.68. The molecule has 1 aromatic heterocycles. The number of carboxylic acids is 1. The Labute approximate surface area is 182 Å². The Kier molecular flexibility index (Phi) is 8.58. The zero-order valence-electron chi connectivity index (χ0n) is 16.7. The highest BCUT2D eigenvalue weighted by atomic mass is 79.9. The van der Waals surface area contributed by atoms with E-state index in [4.69, 9.17) is 19.3 Å². The van der Waals surface area contributed by atoms with Gasteiger partial charge in [0.25, 0.3) is 0 Å². The molecule has 0 aliphatic carbocycles. The molecule has 0 unspecified atom stereocenters. The molecule has 0 saturated heterocycles. The van der Waals surface area contributed by atoms with Gasteiger partial charge in [0.2, 0.25) is 0 Å². The van der Waals surface area contributed by atoms with E-state index in [9.17, 15) is 10.1 Å². The summed E-state index contributed by atoms with van der Waals surface area (Å²) in [6.07, 6.45) is 1.52. The molecular weight excluding hydrogens is 456 g/mol. The average molecular weight is 477 g/mol. The molecule has 2 rings (SSSR count). The van der Waals surface area contributed by atoms with Gasteiger partial charge in [-0.15, -0.1) is 0 Å². The maximum atomic E-state index is 10.8. The van der Waals surface area contributed by atoms with E-state index < -0.39 is 12.6 Å². The fourth-order valence-electron chi connectivity index (χ4n) is 2.58. The summed E-state index contributed by atoms with van der Waals surface area (Å²) in [7, 11) is 1.56. The molecule has 0 bridgehead atoms. The second kappa shape index (κ2) is 11.1. The van der Waals surface area contributed by atoms with Crippen LogP contribution in [-0.4, -0.2) is 42.6 Å². The van der Waals surface area contributed by atoms with Gasteiger partial charge >= 0.3 is 5.97 Å². The minimum Gasteiger partial charge on any atom is -0.490 e. The summed E-state index contributed by atoms with van der Waals surface area (Å²) in [5.74, 6) is -0.0960. The second-order valence-electron chi connectivity index (χ2n) is 6.01. The van der Waals surface area contributed by atoms with E-state index in [1.807, 2.05) is 13.8 Å². The third kappa shape index (κ3) is 6.17. The molecule has 0 radical (unpaired) electrons. The summed E-state index contributed by atoms with van der Waals surface area (Å²) >= 11 is 3.36. The fourth-order valence-corrected chi connectivity index (χ4v) is 3.16. The highest BCUT2D eigenvalue weighted by Gasteiger charge is 2.14. The Morgan fingerprint density at radius 3 is 2.80 bits per heavy atom. The maximum absolute atomic E-state index is 10.8. The number of pyridine rings is 1. The van der Waals surface area contributed by atoms with Crippen molar-refractivity contribution in [3.63, 3.8) is 0 Å². The van der Waals surface area contributed by atoms with Crippen molar-refractivity contribution in [2.24, 2.45) is 5.10 Å². The molecule has 9 nitrogen and oxygen atoms in total. The van der Waals surface area contributed by atoms with Crippen LogP contribution in [-0.2, 0) is 16.1 Å². The highest BCUT2D eigenvalue weighted by molar-refractivity contribution is 9.10. The molecule has 0 spiro atoms. The predicted octanol–water partition coefficient (Wildman–Crippen LogP) is 3.48. The van der Waals surface area contributed by atoms with E-state index >= 15 is 0 Å². The van der Waals surface area contributed by atoms with E-state index in [0.717, 1.165) is 5.69 Å². The number of ether oxygens (including phenoxy) is 3. The van der Waals surface area contributed by atoms with Crippen LogP contribution in [0.15, 0.2) is 27.8 Å². The van der Waals surface area contributed by atoms with Crippen molar-refractivity contribution in [3.8, 4) is 17.6 Å². The number of aliphatic carboxylic acids is 1. The van der Waals surface area contributed by atoms with Crippen LogP contribution >= 0.6 is 15.9 Å². The number of methoxy groups -OCH3 is 1. The van der Waals surface area contributed by atoms with E-state index in [1.54, 1.807) is 25.3 Å². The summed E-state index contributed by atoms with van der Waals surface area (Å²) < 4.78 is 16.5. The number of aryl methyl sites for hydroxylation is 1. The lowest BCUT2D eigenvalue weighted by Gasteiger charge is -2.13. The molecular formula is C20H21BrN4O5. The molecule has 10 heteroatoms. The van der Waals surface area contributed by atoms with Crippen molar-refractivity contribution >= 4 is 33.9 Å². The van der Waals surface area contributed by atoms with Crippen LogP contribution < -0.4 is 14.9 Å². The molecule has 1 aromatic carbocycles. The van der Waals surface area contributed by atoms with Gasteiger partial charge in [-0.1, -0.05) is 0 Å². The van der Waals surface area contributed by atoms with Crippen molar-refractivity contribution in [1.29, 1.82) is 5.26 Å². The molecule has 158 valence electrons. The molecule has 30 heavy (non-hydrogen) atoms. The van der Waals surface area contributed by atoms with E-state index in [-0.39, 0.29) is 6.61 Å². The number of benzene rings is 1. The number of hydrazone groups is 1. The number of hydrogen-bond acceptors (Lipinski definition) is 8. The van der Waals surface area contributed by atoms with E-state index in [2.05, 4.69) is 37.5 Å². The number of rotatable bonds is 10.